The number of nitrogens with one attached hydrogen (secondary N) is 1. The second kappa shape index (κ2) is 8.14. The van der Waals surface area contributed by atoms with Crippen LogP contribution in [0.1, 0.15) is 50.1 Å². The predicted molar refractivity (Wildman–Crippen MR) is 114 cm³/mol. The van der Waals surface area contributed by atoms with E-state index >= 15 is 0 Å². The average molecular weight is 417 g/mol. The van der Waals surface area contributed by atoms with Gasteiger partial charge in [0.2, 0.25) is 0 Å². The Balaban J connectivity index is 1.75. The Morgan fingerprint density at radius 2 is 2.18 bits per heavy atom. The Labute approximate surface area is 175 Å². The zero-order chi connectivity index (χ0) is 20.5. The van der Waals surface area contributed by atoms with E-state index in [4.69, 9.17) is 16.3 Å². The van der Waals surface area contributed by atoms with E-state index in [0.29, 0.717) is 27.3 Å². The minimum Gasteiger partial charge on any atom is -0.481 e. The van der Waals surface area contributed by atoms with Crippen molar-refractivity contribution in [3.05, 3.63) is 45.3 Å². The van der Waals surface area contributed by atoms with Crippen LogP contribution in [0.3, 0.4) is 0 Å². The maximum atomic E-state index is 12.6. The Bertz CT molecular complexity index is 924. The van der Waals surface area contributed by atoms with Gasteiger partial charge in [0.15, 0.2) is 6.10 Å². The molecule has 3 rings (SSSR count). The normalized spacial score (nSPS) is 17.4. The summed E-state index contributed by atoms with van der Waals surface area (Å²) in [6.45, 7) is 8.47. The zero-order valence-electron chi connectivity index (χ0n) is 16.6. The lowest BCUT2D eigenvalue weighted by Crippen LogP contribution is -2.30. The number of nitrogens with zero attached hydrogens (tertiary/aromatic N) is 1. The van der Waals surface area contributed by atoms with Gasteiger partial charge in [-0.3, -0.25) is 4.79 Å². The molecule has 6 heteroatoms. The van der Waals surface area contributed by atoms with E-state index in [-0.39, 0.29) is 11.3 Å². The highest BCUT2D eigenvalue weighted by Gasteiger charge is 2.32. The highest BCUT2D eigenvalue weighted by atomic mass is 35.5. The molecule has 1 heterocycles. The van der Waals surface area contributed by atoms with Gasteiger partial charge in [-0.15, -0.1) is 11.3 Å². The monoisotopic (exact) mass is 416 g/mol. The third kappa shape index (κ3) is 4.51. The fraction of sp³-hybridized carbons (Fsp3) is 0.455. The number of anilines is 1. The lowest BCUT2D eigenvalue weighted by Gasteiger charge is -2.33. The standard InChI is InChI=1S/C22H25ClN2O2S/c1-13(27-16-7-5-6-15(23)11-16)20(26)25-21-18(12-24)17-9-8-14(22(2,3)4)10-19(17)28-21/h5-7,11,13-14H,8-10H2,1-4H3,(H,25,26)/t13-,14-/m0/s1. The molecule has 0 saturated heterocycles. The van der Waals surface area contributed by atoms with E-state index in [9.17, 15) is 10.1 Å². The zero-order valence-corrected chi connectivity index (χ0v) is 18.2. The fourth-order valence-electron chi connectivity index (χ4n) is 3.54. The summed E-state index contributed by atoms with van der Waals surface area (Å²) in [7, 11) is 0. The van der Waals surface area contributed by atoms with Crippen LogP contribution in [0, 0.1) is 22.7 Å². The predicted octanol–water partition coefficient (Wildman–Crippen LogP) is 5.83. The molecule has 148 valence electrons. The van der Waals surface area contributed by atoms with Crippen LogP contribution >= 0.6 is 22.9 Å². The molecule has 0 saturated carbocycles. The van der Waals surface area contributed by atoms with Gasteiger partial charge >= 0.3 is 0 Å². The number of nitriles is 1. The van der Waals surface area contributed by atoms with E-state index < -0.39 is 6.10 Å². The van der Waals surface area contributed by atoms with Crippen LogP contribution in [0.15, 0.2) is 24.3 Å². The van der Waals surface area contributed by atoms with Crippen LogP contribution in [0.5, 0.6) is 5.75 Å². The van der Waals surface area contributed by atoms with Gasteiger partial charge in [0, 0.05) is 9.90 Å². The molecule has 0 unspecified atom stereocenters. The highest BCUT2D eigenvalue weighted by molar-refractivity contribution is 7.16. The number of rotatable bonds is 4. The van der Waals surface area contributed by atoms with Crippen molar-refractivity contribution in [2.24, 2.45) is 11.3 Å². The summed E-state index contributed by atoms with van der Waals surface area (Å²) in [5.41, 5.74) is 1.94. The first-order valence-corrected chi connectivity index (χ1v) is 10.7. The summed E-state index contributed by atoms with van der Waals surface area (Å²) >= 11 is 7.49. The van der Waals surface area contributed by atoms with Gasteiger partial charge in [-0.25, -0.2) is 0 Å². The molecule has 0 fully saturated rings. The summed E-state index contributed by atoms with van der Waals surface area (Å²) < 4.78 is 5.69. The highest BCUT2D eigenvalue weighted by Crippen LogP contribution is 2.44. The number of hydrogen-bond donors (Lipinski definition) is 1. The molecule has 1 aliphatic rings. The Morgan fingerprint density at radius 1 is 1.43 bits per heavy atom. The summed E-state index contributed by atoms with van der Waals surface area (Å²) in [5, 5.41) is 13.8. The minimum atomic E-state index is -0.702. The van der Waals surface area contributed by atoms with Gasteiger partial charge in [0.1, 0.15) is 16.8 Å². The lowest BCUT2D eigenvalue weighted by molar-refractivity contribution is -0.122. The molecule has 2 atom stereocenters. The van der Waals surface area contributed by atoms with Gasteiger partial charge in [-0.2, -0.15) is 5.26 Å². The van der Waals surface area contributed by atoms with Crippen molar-refractivity contribution in [1.82, 2.24) is 0 Å². The maximum Gasteiger partial charge on any atom is 0.265 e. The molecule has 4 nitrogen and oxygen atoms in total. The van der Waals surface area contributed by atoms with E-state index in [1.807, 2.05) is 0 Å². The second-order valence-corrected chi connectivity index (χ2v) is 9.87. The molecule has 1 aliphatic carbocycles. The molecule has 1 amide bonds. The molecule has 28 heavy (non-hydrogen) atoms. The van der Waals surface area contributed by atoms with Crippen LogP contribution in [-0.4, -0.2) is 12.0 Å². The number of halogens is 1. The SMILES string of the molecule is C[C@H](Oc1cccc(Cl)c1)C(=O)Nc1sc2c(c1C#N)CC[C@H](C(C)(C)C)C2. The number of ether oxygens (including phenoxy) is 1. The van der Waals surface area contributed by atoms with Gasteiger partial charge in [0.25, 0.3) is 5.91 Å². The summed E-state index contributed by atoms with van der Waals surface area (Å²) in [6, 6.07) is 9.24. The molecule has 0 aliphatic heterocycles. The minimum absolute atomic E-state index is 0.233. The first-order chi connectivity index (χ1) is 13.2. The van der Waals surface area contributed by atoms with Crippen LogP contribution in [0.2, 0.25) is 5.02 Å². The molecule has 1 aromatic heterocycles. The van der Waals surface area contributed by atoms with Crippen LogP contribution in [0.25, 0.3) is 0 Å². The van der Waals surface area contributed by atoms with Crippen molar-refractivity contribution in [1.29, 1.82) is 5.26 Å². The van der Waals surface area contributed by atoms with Crippen molar-refractivity contribution in [2.45, 2.75) is 53.1 Å². The fourth-order valence-corrected chi connectivity index (χ4v) is 5.00. The third-order valence-electron chi connectivity index (χ3n) is 5.32. The van der Waals surface area contributed by atoms with E-state index in [2.05, 4.69) is 32.2 Å². The van der Waals surface area contributed by atoms with E-state index in [0.717, 1.165) is 24.8 Å². The molecule has 1 aromatic carbocycles. The van der Waals surface area contributed by atoms with E-state index in [1.54, 1.807) is 31.2 Å². The van der Waals surface area contributed by atoms with Gasteiger partial charge in [-0.05, 0) is 61.3 Å². The molecule has 2 aromatic rings. The van der Waals surface area contributed by atoms with Gasteiger partial charge in [-0.1, -0.05) is 38.4 Å². The molecule has 0 radical (unpaired) electrons. The number of benzene rings is 1. The Morgan fingerprint density at radius 3 is 2.82 bits per heavy atom. The Hall–Kier alpha value is -2.03. The van der Waals surface area contributed by atoms with Crippen molar-refractivity contribution in [3.8, 4) is 11.8 Å². The first-order valence-electron chi connectivity index (χ1n) is 9.46. The summed E-state index contributed by atoms with van der Waals surface area (Å²) in [5.74, 6) is 0.843. The molecule has 1 N–H and O–H groups in total. The van der Waals surface area contributed by atoms with Crippen LogP contribution in [-0.2, 0) is 17.6 Å². The number of carbonyl (C=O) groups is 1. The van der Waals surface area contributed by atoms with Gasteiger partial charge < -0.3 is 10.1 Å². The largest absolute Gasteiger partial charge is 0.481 e. The van der Waals surface area contributed by atoms with Crippen molar-refractivity contribution in [2.75, 3.05) is 5.32 Å². The molecule has 0 spiro atoms. The lowest BCUT2D eigenvalue weighted by atomic mass is 9.72. The number of amides is 1. The molecular weight excluding hydrogens is 392 g/mol. The molecular formula is C22H25ClN2O2S. The number of carbonyl (C=O) groups excluding carboxylic acids is 1. The van der Waals surface area contributed by atoms with Crippen LogP contribution < -0.4 is 10.1 Å². The van der Waals surface area contributed by atoms with Gasteiger partial charge in [0.05, 0.1) is 5.56 Å². The van der Waals surface area contributed by atoms with Crippen molar-refractivity contribution in [3.63, 3.8) is 0 Å². The second-order valence-electron chi connectivity index (χ2n) is 8.33. The van der Waals surface area contributed by atoms with Crippen molar-refractivity contribution < 1.29 is 9.53 Å². The molecule has 0 bridgehead atoms. The summed E-state index contributed by atoms with van der Waals surface area (Å²) in [4.78, 5) is 13.9. The number of thiophene rings is 1. The first kappa shape index (κ1) is 20.7. The summed E-state index contributed by atoms with van der Waals surface area (Å²) in [6.07, 6.45) is 2.22. The maximum absolute atomic E-state index is 12.6. The number of hydrogen-bond acceptors (Lipinski definition) is 4. The third-order valence-corrected chi connectivity index (χ3v) is 6.72. The Kier molecular flexibility index (Phi) is 6.02. The topological polar surface area (TPSA) is 62.1 Å². The number of fused-ring (bicyclic) bond motifs is 1. The van der Waals surface area contributed by atoms with E-state index in [1.165, 1.54) is 16.2 Å². The quantitative estimate of drug-likeness (QED) is 0.681. The smallest absolute Gasteiger partial charge is 0.265 e. The van der Waals surface area contributed by atoms with Crippen molar-refractivity contribution >= 4 is 33.8 Å². The average Bonchev–Trinajstić information content (AvgIpc) is 2.97. The van der Waals surface area contributed by atoms with Crippen LogP contribution in [0.4, 0.5) is 5.00 Å².